The van der Waals surface area contributed by atoms with Crippen molar-refractivity contribution in [1.29, 1.82) is 0 Å². The lowest BCUT2D eigenvalue weighted by atomic mass is 10.1. The molecular formula is C11H15Cl2NO. The number of nitrogens with zero attached hydrogens (tertiary/aromatic N) is 1. The van der Waals surface area contributed by atoms with E-state index < -0.39 is 0 Å². The van der Waals surface area contributed by atoms with Gasteiger partial charge in [-0.15, -0.1) is 0 Å². The van der Waals surface area contributed by atoms with E-state index in [4.69, 9.17) is 27.9 Å². The first-order valence-corrected chi connectivity index (χ1v) is 5.47. The molecule has 0 atom stereocenters. The van der Waals surface area contributed by atoms with Gasteiger partial charge in [-0.25, -0.2) is 0 Å². The van der Waals surface area contributed by atoms with E-state index in [1.165, 1.54) is 0 Å². The van der Waals surface area contributed by atoms with Crippen LogP contribution in [0.2, 0.25) is 10.0 Å². The lowest BCUT2D eigenvalue weighted by Gasteiger charge is -2.12. The summed E-state index contributed by atoms with van der Waals surface area (Å²) in [5, 5.41) is 1.09. The van der Waals surface area contributed by atoms with Crippen LogP contribution >= 0.6 is 23.2 Å². The number of likely N-dealkylation sites (N-methyl/N-ethyl adjacent to an activating group) is 1. The molecule has 0 bridgehead atoms. The van der Waals surface area contributed by atoms with Gasteiger partial charge in [-0.1, -0.05) is 29.3 Å². The summed E-state index contributed by atoms with van der Waals surface area (Å²) in [5.41, 5.74) is 1.05. The first kappa shape index (κ1) is 12.6. The maximum absolute atomic E-state index is 6.13. The smallest absolute Gasteiger partial charge is 0.138 e. The van der Waals surface area contributed by atoms with Crippen molar-refractivity contribution in [2.45, 2.75) is 6.42 Å². The monoisotopic (exact) mass is 247 g/mol. The van der Waals surface area contributed by atoms with E-state index in [0.29, 0.717) is 15.8 Å². The predicted molar refractivity (Wildman–Crippen MR) is 65.3 cm³/mol. The summed E-state index contributed by atoms with van der Waals surface area (Å²) in [7, 11) is 5.63. The molecule has 0 unspecified atom stereocenters. The van der Waals surface area contributed by atoms with Gasteiger partial charge >= 0.3 is 0 Å². The number of methoxy groups -OCH3 is 1. The van der Waals surface area contributed by atoms with Crippen LogP contribution in [0.3, 0.4) is 0 Å². The Kier molecular flexibility index (Phi) is 4.71. The van der Waals surface area contributed by atoms with Crippen LogP contribution in [0, 0.1) is 0 Å². The molecule has 4 heteroatoms. The Morgan fingerprint density at radius 1 is 1.20 bits per heavy atom. The number of benzene rings is 1. The maximum atomic E-state index is 6.13. The van der Waals surface area contributed by atoms with E-state index in [1.54, 1.807) is 7.11 Å². The molecule has 0 spiro atoms. The summed E-state index contributed by atoms with van der Waals surface area (Å²) in [5.74, 6) is 0.621. The maximum Gasteiger partial charge on any atom is 0.138 e. The van der Waals surface area contributed by atoms with E-state index in [-0.39, 0.29) is 0 Å². The molecule has 15 heavy (non-hydrogen) atoms. The van der Waals surface area contributed by atoms with E-state index in [1.807, 2.05) is 26.2 Å². The van der Waals surface area contributed by atoms with Crippen LogP contribution in [0.25, 0.3) is 0 Å². The van der Waals surface area contributed by atoms with E-state index in [9.17, 15) is 0 Å². The van der Waals surface area contributed by atoms with Gasteiger partial charge in [0.2, 0.25) is 0 Å². The van der Waals surface area contributed by atoms with Crippen molar-refractivity contribution in [2.24, 2.45) is 0 Å². The highest BCUT2D eigenvalue weighted by Gasteiger charge is 2.10. The summed E-state index contributed by atoms with van der Waals surface area (Å²) in [6.07, 6.45) is 0.884. The molecule has 0 heterocycles. The highest BCUT2D eigenvalue weighted by atomic mass is 35.5. The minimum absolute atomic E-state index is 0.496. The molecule has 1 aromatic rings. The molecule has 0 fully saturated rings. The van der Waals surface area contributed by atoms with Crippen LogP contribution in [0.4, 0.5) is 0 Å². The van der Waals surface area contributed by atoms with Gasteiger partial charge in [-0.3, -0.25) is 0 Å². The molecule has 0 aromatic heterocycles. The third-order valence-electron chi connectivity index (χ3n) is 2.18. The fourth-order valence-electron chi connectivity index (χ4n) is 1.27. The topological polar surface area (TPSA) is 12.5 Å². The Morgan fingerprint density at radius 3 is 2.40 bits per heavy atom. The van der Waals surface area contributed by atoms with Crippen molar-refractivity contribution in [2.75, 3.05) is 27.7 Å². The number of ether oxygens (including phenoxy) is 1. The largest absolute Gasteiger partial charge is 0.495 e. The summed E-state index contributed by atoms with van der Waals surface area (Å²) >= 11 is 12.2. The Labute approximate surface area is 101 Å². The first-order chi connectivity index (χ1) is 7.06. The van der Waals surface area contributed by atoms with Crippen LogP contribution in [-0.2, 0) is 6.42 Å². The van der Waals surface area contributed by atoms with Gasteiger partial charge in [-0.2, -0.15) is 0 Å². The van der Waals surface area contributed by atoms with Gasteiger partial charge in [0.05, 0.1) is 12.1 Å². The number of hydrogen-bond acceptors (Lipinski definition) is 2. The summed E-state index contributed by atoms with van der Waals surface area (Å²) in [6.45, 7) is 0.947. The highest BCUT2D eigenvalue weighted by molar-refractivity contribution is 6.43. The quantitative estimate of drug-likeness (QED) is 0.811. The third kappa shape index (κ3) is 3.26. The molecule has 84 valence electrons. The summed E-state index contributed by atoms with van der Waals surface area (Å²) in [6, 6.07) is 3.80. The van der Waals surface area contributed by atoms with E-state index in [2.05, 4.69) is 4.90 Å². The molecule has 0 aliphatic rings. The van der Waals surface area contributed by atoms with E-state index >= 15 is 0 Å². The molecule has 1 rings (SSSR count). The van der Waals surface area contributed by atoms with Crippen molar-refractivity contribution in [3.8, 4) is 5.75 Å². The second kappa shape index (κ2) is 5.59. The number of rotatable bonds is 4. The molecule has 0 N–H and O–H groups in total. The lowest BCUT2D eigenvalue weighted by Crippen LogP contribution is -2.15. The lowest BCUT2D eigenvalue weighted by molar-refractivity contribution is 0.410. The van der Waals surface area contributed by atoms with Crippen LogP contribution in [0.5, 0.6) is 5.75 Å². The van der Waals surface area contributed by atoms with Gasteiger partial charge in [0, 0.05) is 6.54 Å². The molecule has 0 amide bonds. The zero-order chi connectivity index (χ0) is 11.4. The fourth-order valence-corrected chi connectivity index (χ4v) is 1.78. The number of halogens is 2. The molecule has 0 saturated heterocycles. The second-order valence-corrected chi connectivity index (χ2v) is 4.36. The average Bonchev–Trinajstić information content (AvgIpc) is 2.20. The van der Waals surface area contributed by atoms with Gasteiger partial charge in [0.1, 0.15) is 10.8 Å². The van der Waals surface area contributed by atoms with Gasteiger partial charge in [0.15, 0.2) is 0 Å². The van der Waals surface area contributed by atoms with Crippen molar-refractivity contribution in [3.05, 3.63) is 27.7 Å². The van der Waals surface area contributed by atoms with Gasteiger partial charge in [-0.05, 0) is 32.1 Å². The van der Waals surface area contributed by atoms with Crippen molar-refractivity contribution < 1.29 is 4.74 Å². The van der Waals surface area contributed by atoms with Crippen LogP contribution in [-0.4, -0.2) is 32.6 Å². The molecule has 0 aliphatic carbocycles. The molecule has 0 saturated carbocycles. The van der Waals surface area contributed by atoms with Gasteiger partial charge in [0.25, 0.3) is 0 Å². The molecular weight excluding hydrogens is 233 g/mol. The van der Waals surface area contributed by atoms with Crippen molar-refractivity contribution in [1.82, 2.24) is 4.90 Å². The van der Waals surface area contributed by atoms with Gasteiger partial charge < -0.3 is 9.64 Å². The SMILES string of the molecule is COc1ccc(CCN(C)C)c(Cl)c1Cl. The van der Waals surface area contributed by atoms with Crippen molar-refractivity contribution >= 4 is 23.2 Å². The zero-order valence-corrected chi connectivity index (χ0v) is 10.7. The van der Waals surface area contributed by atoms with Crippen LogP contribution in [0.15, 0.2) is 12.1 Å². The Balaban J connectivity index is 2.87. The minimum atomic E-state index is 0.496. The average molecular weight is 248 g/mol. The Hall–Kier alpha value is -0.440. The normalized spacial score (nSPS) is 10.8. The second-order valence-electron chi connectivity index (χ2n) is 3.61. The van der Waals surface area contributed by atoms with Crippen LogP contribution in [0.1, 0.15) is 5.56 Å². The highest BCUT2D eigenvalue weighted by Crippen LogP contribution is 2.34. The minimum Gasteiger partial charge on any atom is -0.495 e. The first-order valence-electron chi connectivity index (χ1n) is 4.72. The Bertz CT molecular complexity index is 340. The molecule has 2 nitrogen and oxygen atoms in total. The predicted octanol–water partition coefficient (Wildman–Crippen LogP) is 3.11. The summed E-state index contributed by atoms with van der Waals surface area (Å²) < 4.78 is 5.08. The molecule has 1 aromatic carbocycles. The summed E-state index contributed by atoms with van der Waals surface area (Å²) in [4.78, 5) is 2.11. The van der Waals surface area contributed by atoms with Crippen molar-refractivity contribution in [3.63, 3.8) is 0 Å². The van der Waals surface area contributed by atoms with Crippen LogP contribution < -0.4 is 4.74 Å². The zero-order valence-electron chi connectivity index (χ0n) is 9.18. The van der Waals surface area contributed by atoms with E-state index in [0.717, 1.165) is 18.5 Å². The fraction of sp³-hybridized carbons (Fsp3) is 0.455. The standard InChI is InChI=1S/C11H15Cl2NO/c1-14(2)7-6-8-4-5-9(15-3)11(13)10(8)12/h4-5H,6-7H2,1-3H3. The number of hydrogen-bond donors (Lipinski definition) is 0. The Morgan fingerprint density at radius 2 is 1.87 bits per heavy atom. The molecule has 0 radical (unpaired) electrons. The third-order valence-corrected chi connectivity index (χ3v) is 3.08. The molecule has 0 aliphatic heterocycles.